The number of nitrogens with zero attached hydrogens (tertiary/aromatic N) is 1. The molecule has 0 bridgehead atoms. The predicted molar refractivity (Wildman–Crippen MR) is 79.0 cm³/mol. The van der Waals surface area contributed by atoms with Crippen molar-refractivity contribution < 1.29 is 9.53 Å². The Labute approximate surface area is 122 Å². The van der Waals surface area contributed by atoms with E-state index in [9.17, 15) is 4.79 Å². The molecule has 0 spiro atoms. The summed E-state index contributed by atoms with van der Waals surface area (Å²) in [5.41, 5.74) is 1.12. The molecule has 1 aliphatic rings. The molecule has 1 aromatic carbocycles. The number of halogens is 1. The smallest absolute Gasteiger partial charge is 0.318 e. The zero-order valence-corrected chi connectivity index (χ0v) is 12.3. The molecule has 1 fully saturated rings. The van der Waals surface area contributed by atoms with Crippen LogP contribution in [-0.4, -0.2) is 42.8 Å². The third kappa shape index (κ3) is 3.48. The van der Waals surface area contributed by atoms with Crippen LogP contribution in [0.3, 0.4) is 0 Å². The summed E-state index contributed by atoms with van der Waals surface area (Å²) in [4.78, 5) is 13.6. The quantitative estimate of drug-likeness (QED) is 0.869. The fourth-order valence-corrected chi connectivity index (χ4v) is 3.32. The highest BCUT2D eigenvalue weighted by atomic mass is 35.5. The highest BCUT2D eigenvalue weighted by Crippen LogP contribution is 2.38. The molecule has 104 valence electrons. The van der Waals surface area contributed by atoms with Crippen molar-refractivity contribution in [2.75, 3.05) is 31.8 Å². The molecule has 1 heterocycles. The number of nitrogens with one attached hydrogen (secondary N) is 1. The van der Waals surface area contributed by atoms with Crippen LogP contribution in [0.1, 0.15) is 10.9 Å². The molecule has 1 N–H and O–H groups in total. The number of amides is 2. The van der Waals surface area contributed by atoms with Crippen LogP contribution >= 0.6 is 23.4 Å². The average Bonchev–Trinajstić information content (AvgIpc) is 2.94. The Bertz CT molecular complexity index is 427. The lowest BCUT2D eigenvalue weighted by Gasteiger charge is -2.23. The number of urea groups is 1. The van der Waals surface area contributed by atoms with Gasteiger partial charge < -0.3 is 15.0 Å². The maximum absolute atomic E-state index is 11.8. The fraction of sp³-hybridized carbons (Fsp3) is 0.462. The lowest BCUT2D eigenvalue weighted by atomic mass is 10.2. The van der Waals surface area contributed by atoms with Crippen LogP contribution in [0, 0.1) is 0 Å². The second-order valence-electron chi connectivity index (χ2n) is 4.08. The number of hydrogen-bond acceptors (Lipinski definition) is 3. The van der Waals surface area contributed by atoms with Gasteiger partial charge in [-0.1, -0.05) is 12.1 Å². The van der Waals surface area contributed by atoms with Crippen LogP contribution in [0.15, 0.2) is 24.3 Å². The number of thioether (sulfide) groups is 1. The molecule has 0 saturated carbocycles. The Balaban J connectivity index is 2.06. The second-order valence-corrected chi connectivity index (χ2v) is 5.64. The van der Waals surface area contributed by atoms with Gasteiger partial charge in [-0.15, -0.1) is 23.4 Å². The van der Waals surface area contributed by atoms with E-state index in [-0.39, 0.29) is 11.4 Å². The van der Waals surface area contributed by atoms with E-state index >= 15 is 0 Å². The first-order valence-corrected chi connectivity index (χ1v) is 7.73. The van der Waals surface area contributed by atoms with Crippen molar-refractivity contribution in [3.8, 4) is 5.75 Å². The lowest BCUT2D eigenvalue weighted by Crippen LogP contribution is -2.37. The SMILES string of the molecule is CNC(=O)N1CCSC1c1ccc(OCCCl)cc1. The first-order chi connectivity index (χ1) is 9.26. The monoisotopic (exact) mass is 300 g/mol. The molecule has 2 amide bonds. The van der Waals surface area contributed by atoms with Gasteiger partial charge in [0.05, 0.1) is 5.88 Å². The number of rotatable bonds is 4. The minimum Gasteiger partial charge on any atom is -0.492 e. The Kier molecular flexibility index (Phi) is 5.22. The zero-order chi connectivity index (χ0) is 13.7. The molecule has 2 rings (SSSR count). The molecule has 1 aliphatic heterocycles. The predicted octanol–water partition coefficient (Wildman–Crippen LogP) is 2.69. The molecule has 19 heavy (non-hydrogen) atoms. The van der Waals surface area contributed by atoms with Crippen LogP contribution in [0.2, 0.25) is 0 Å². The molecular formula is C13H17ClN2O2S. The molecule has 0 aromatic heterocycles. The molecule has 4 nitrogen and oxygen atoms in total. The number of hydrogen-bond donors (Lipinski definition) is 1. The van der Waals surface area contributed by atoms with Crippen molar-refractivity contribution in [2.24, 2.45) is 0 Å². The van der Waals surface area contributed by atoms with Crippen LogP contribution in [0.4, 0.5) is 4.79 Å². The van der Waals surface area contributed by atoms with E-state index in [0.29, 0.717) is 12.5 Å². The third-order valence-corrected chi connectivity index (χ3v) is 4.29. The van der Waals surface area contributed by atoms with Crippen molar-refractivity contribution in [3.63, 3.8) is 0 Å². The van der Waals surface area contributed by atoms with Gasteiger partial charge >= 0.3 is 6.03 Å². The second kappa shape index (κ2) is 6.91. The van der Waals surface area contributed by atoms with E-state index in [2.05, 4.69) is 5.32 Å². The van der Waals surface area contributed by atoms with Gasteiger partial charge in [0.15, 0.2) is 0 Å². The summed E-state index contributed by atoms with van der Waals surface area (Å²) in [6, 6.07) is 7.81. The summed E-state index contributed by atoms with van der Waals surface area (Å²) >= 11 is 7.35. The Morgan fingerprint density at radius 3 is 2.89 bits per heavy atom. The summed E-state index contributed by atoms with van der Waals surface area (Å²) in [5, 5.41) is 2.77. The van der Waals surface area contributed by atoms with Crippen LogP contribution < -0.4 is 10.1 Å². The van der Waals surface area contributed by atoms with Crippen molar-refractivity contribution >= 4 is 29.4 Å². The van der Waals surface area contributed by atoms with Crippen molar-refractivity contribution in [1.82, 2.24) is 10.2 Å². The van der Waals surface area contributed by atoms with Gasteiger partial charge in [0.2, 0.25) is 0 Å². The van der Waals surface area contributed by atoms with E-state index in [4.69, 9.17) is 16.3 Å². The maximum atomic E-state index is 11.8. The Morgan fingerprint density at radius 2 is 2.26 bits per heavy atom. The number of carbonyl (C=O) groups is 1. The van der Waals surface area contributed by atoms with Crippen molar-refractivity contribution in [1.29, 1.82) is 0 Å². The molecule has 1 saturated heterocycles. The summed E-state index contributed by atoms with van der Waals surface area (Å²) in [5.74, 6) is 2.24. The molecule has 0 aliphatic carbocycles. The Hall–Kier alpha value is -1.07. The molecule has 1 unspecified atom stereocenters. The normalized spacial score (nSPS) is 18.4. The Morgan fingerprint density at radius 1 is 1.53 bits per heavy atom. The minimum atomic E-state index is -0.0301. The van der Waals surface area contributed by atoms with Gasteiger partial charge in [-0.05, 0) is 17.7 Å². The summed E-state index contributed by atoms with van der Waals surface area (Å²) in [7, 11) is 1.66. The van der Waals surface area contributed by atoms with Gasteiger partial charge in [-0.3, -0.25) is 0 Å². The largest absolute Gasteiger partial charge is 0.492 e. The molecular weight excluding hydrogens is 284 g/mol. The van der Waals surface area contributed by atoms with E-state index < -0.39 is 0 Å². The van der Waals surface area contributed by atoms with Crippen LogP contribution in [0.25, 0.3) is 0 Å². The number of alkyl halides is 1. The average molecular weight is 301 g/mol. The minimum absolute atomic E-state index is 0.0301. The highest BCUT2D eigenvalue weighted by molar-refractivity contribution is 7.99. The lowest BCUT2D eigenvalue weighted by molar-refractivity contribution is 0.202. The van der Waals surface area contributed by atoms with Gasteiger partial charge in [-0.25, -0.2) is 4.79 Å². The maximum Gasteiger partial charge on any atom is 0.318 e. The summed E-state index contributed by atoms with van der Waals surface area (Å²) in [6.45, 7) is 1.28. The van der Waals surface area contributed by atoms with Crippen LogP contribution in [0.5, 0.6) is 5.75 Å². The van der Waals surface area contributed by atoms with Gasteiger partial charge in [0.1, 0.15) is 17.7 Å². The molecule has 6 heteroatoms. The number of carbonyl (C=O) groups excluding carboxylic acids is 1. The molecule has 0 radical (unpaired) electrons. The van der Waals surface area contributed by atoms with Crippen LogP contribution in [-0.2, 0) is 0 Å². The molecule has 1 atom stereocenters. The van der Waals surface area contributed by atoms with E-state index in [1.165, 1.54) is 0 Å². The fourth-order valence-electron chi connectivity index (χ4n) is 1.98. The number of benzene rings is 1. The third-order valence-electron chi connectivity index (χ3n) is 2.88. The van der Waals surface area contributed by atoms with Gasteiger partial charge in [0, 0.05) is 19.3 Å². The summed E-state index contributed by atoms with van der Waals surface area (Å²) in [6.07, 6.45) is 0. The van der Waals surface area contributed by atoms with Crippen molar-refractivity contribution in [3.05, 3.63) is 29.8 Å². The first kappa shape index (κ1) is 14.3. The first-order valence-electron chi connectivity index (χ1n) is 6.15. The van der Waals surface area contributed by atoms with Gasteiger partial charge in [0.25, 0.3) is 0 Å². The summed E-state index contributed by atoms with van der Waals surface area (Å²) < 4.78 is 5.44. The van der Waals surface area contributed by atoms with Crippen molar-refractivity contribution in [2.45, 2.75) is 5.37 Å². The van der Waals surface area contributed by atoms with E-state index in [1.807, 2.05) is 29.2 Å². The number of ether oxygens (including phenoxy) is 1. The zero-order valence-electron chi connectivity index (χ0n) is 10.8. The topological polar surface area (TPSA) is 41.6 Å². The van der Waals surface area contributed by atoms with E-state index in [1.54, 1.807) is 18.8 Å². The standard InChI is InChI=1S/C13H17ClN2O2S/c1-15-13(17)16-7-9-19-12(16)10-2-4-11(5-3-10)18-8-6-14/h2-5,12H,6-9H2,1H3,(H,15,17). The van der Waals surface area contributed by atoms with E-state index in [0.717, 1.165) is 23.6 Å². The van der Waals surface area contributed by atoms with Gasteiger partial charge in [-0.2, -0.15) is 0 Å². The highest BCUT2D eigenvalue weighted by Gasteiger charge is 2.29. The molecule has 1 aromatic rings.